The Kier molecular flexibility index (Phi) is 4.67. The molecule has 0 saturated heterocycles. The number of halogens is 1. The molecule has 56 valence electrons. The first-order valence-electron chi connectivity index (χ1n) is 2.86. The Balaban J connectivity index is 3.52. The molecule has 0 atom stereocenters. The van der Waals surface area contributed by atoms with Crippen LogP contribution in [-0.2, 0) is 4.79 Å². The highest BCUT2D eigenvalue weighted by molar-refractivity contribution is 6.31. The van der Waals surface area contributed by atoms with Gasteiger partial charge in [0.1, 0.15) is 0 Å². The van der Waals surface area contributed by atoms with E-state index < -0.39 is 5.97 Å². The van der Waals surface area contributed by atoms with Crippen LogP contribution in [0.4, 0.5) is 0 Å². The van der Waals surface area contributed by atoms with Crippen molar-refractivity contribution in [2.75, 3.05) is 0 Å². The van der Waals surface area contributed by atoms with Gasteiger partial charge in [-0.25, -0.2) is 0 Å². The van der Waals surface area contributed by atoms with Gasteiger partial charge in [-0.3, -0.25) is 4.79 Å². The average Bonchev–Trinajstić information content (AvgIpc) is 1.87. The second kappa shape index (κ2) is 5.06. The van der Waals surface area contributed by atoms with Crippen LogP contribution in [0.15, 0.2) is 23.8 Å². The van der Waals surface area contributed by atoms with Crippen molar-refractivity contribution in [2.24, 2.45) is 0 Å². The van der Waals surface area contributed by atoms with E-state index in [2.05, 4.69) is 6.58 Å². The smallest absolute Gasteiger partial charge is 0.303 e. The molecule has 0 unspecified atom stereocenters. The molecule has 0 aromatic heterocycles. The predicted octanol–water partition coefficient (Wildman–Crippen LogP) is 2.16. The van der Waals surface area contributed by atoms with E-state index in [0.717, 1.165) is 0 Å². The average molecular weight is 161 g/mol. The third kappa shape index (κ3) is 5.38. The van der Waals surface area contributed by atoms with Gasteiger partial charge in [-0.15, -0.1) is 0 Å². The number of hydrogen-bond donors (Lipinski definition) is 1. The summed E-state index contributed by atoms with van der Waals surface area (Å²) in [7, 11) is 0. The lowest BCUT2D eigenvalue weighted by Gasteiger charge is -1.87. The summed E-state index contributed by atoms with van der Waals surface area (Å²) in [6.45, 7) is 3.41. The molecule has 2 nitrogen and oxygen atoms in total. The van der Waals surface area contributed by atoms with Crippen molar-refractivity contribution in [3.63, 3.8) is 0 Å². The normalized spacial score (nSPS) is 11.1. The van der Waals surface area contributed by atoms with Gasteiger partial charge in [0.05, 0.1) is 0 Å². The van der Waals surface area contributed by atoms with Gasteiger partial charge in [-0.1, -0.05) is 30.3 Å². The topological polar surface area (TPSA) is 37.3 Å². The molecular weight excluding hydrogens is 152 g/mol. The van der Waals surface area contributed by atoms with Crippen LogP contribution in [-0.4, -0.2) is 11.1 Å². The molecule has 0 aliphatic rings. The van der Waals surface area contributed by atoms with Gasteiger partial charge < -0.3 is 5.11 Å². The molecule has 0 spiro atoms. The number of carboxylic acids is 1. The number of carbonyl (C=O) groups is 1. The third-order valence-corrected chi connectivity index (χ3v) is 1.20. The Morgan fingerprint density at radius 1 is 1.70 bits per heavy atom. The molecule has 0 aromatic carbocycles. The molecule has 0 rings (SSSR count). The van der Waals surface area contributed by atoms with Gasteiger partial charge >= 0.3 is 5.97 Å². The molecule has 10 heavy (non-hydrogen) atoms. The molecule has 0 heterocycles. The number of carboxylic acid groups (broad SMARTS) is 1. The Bertz CT molecular complexity index is 161. The first kappa shape index (κ1) is 9.24. The fraction of sp³-hybridized carbons (Fsp3) is 0.286. The maximum absolute atomic E-state index is 9.97. The Labute approximate surface area is 64.8 Å². The minimum atomic E-state index is -0.815. The lowest BCUT2D eigenvalue weighted by Crippen LogP contribution is -1.91. The van der Waals surface area contributed by atoms with E-state index >= 15 is 0 Å². The van der Waals surface area contributed by atoms with E-state index in [9.17, 15) is 4.79 Å². The quantitative estimate of drug-likeness (QED) is 0.640. The monoisotopic (exact) mass is 160 g/mol. The Hall–Kier alpha value is -0.760. The number of rotatable bonds is 4. The SMILES string of the molecule is C=C/C(Cl)=C\CCC(=O)O. The second-order valence-corrected chi connectivity index (χ2v) is 2.16. The van der Waals surface area contributed by atoms with Gasteiger partial charge in [0, 0.05) is 11.5 Å². The zero-order valence-corrected chi connectivity index (χ0v) is 6.27. The van der Waals surface area contributed by atoms with Crippen molar-refractivity contribution >= 4 is 17.6 Å². The highest BCUT2D eigenvalue weighted by Gasteiger charge is 1.92. The number of aliphatic carboxylic acids is 1. The summed E-state index contributed by atoms with van der Waals surface area (Å²) >= 11 is 5.50. The maximum Gasteiger partial charge on any atom is 0.303 e. The molecule has 0 bridgehead atoms. The summed E-state index contributed by atoms with van der Waals surface area (Å²) in [5.41, 5.74) is 0. The second-order valence-electron chi connectivity index (χ2n) is 1.73. The van der Waals surface area contributed by atoms with Crippen molar-refractivity contribution in [3.8, 4) is 0 Å². The molecule has 0 fully saturated rings. The Morgan fingerprint density at radius 3 is 2.70 bits per heavy atom. The summed E-state index contributed by atoms with van der Waals surface area (Å²) in [5, 5.41) is 8.70. The van der Waals surface area contributed by atoms with Crippen molar-refractivity contribution in [2.45, 2.75) is 12.8 Å². The molecule has 1 N–H and O–H groups in total. The van der Waals surface area contributed by atoms with Crippen LogP contribution in [0.5, 0.6) is 0 Å². The molecule has 0 radical (unpaired) electrons. The lowest BCUT2D eigenvalue weighted by molar-refractivity contribution is -0.136. The summed E-state index contributed by atoms with van der Waals surface area (Å²) in [6, 6.07) is 0. The van der Waals surface area contributed by atoms with Gasteiger partial charge in [0.15, 0.2) is 0 Å². The van der Waals surface area contributed by atoms with Crippen LogP contribution in [0.2, 0.25) is 0 Å². The van der Waals surface area contributed by atoms with Crippen LogP contribution >= 0.6 is 11.6 Å². The van der Waals surface area contributed by atoms with Crippen LogP contribution in [0.25, 0.3) is 0 Å². The highest BCUT2D eigenvalue weighted by atomic mass is 35.5. The summed E-state index contributed by atoms with van der Waals surface area (Å²) < 4.78 is 0. The fourth-order valence-electron chi connectivity index (χ4n) is 0.417. The minimum Gasteiger partial charge on any atom is -0.481 e. The van der Waals surface area contributed by atoms with Crippen molar-refractivity contribution in [1.82, 2.24) is 0 Å². The van der Waals surface area contributed by atoms with Crippen LogP contribution in [0.3, 0.4) is 0 Å². The molecule has 3 heteroatoms. The van der Waals surface area contributed by atoms with E-state index in [1.165, 1.54) is 6.08 Å². The molecule has 0 aliphatic heterocycles. The lowest BCUT2D eigenvalue weighted by atomic mass is 10.3. The van der Waals surface area contributed by atoms with Gasteiger partial charge in [-0.05, 0) is 6.42 Å². The first-order chi connectivity index (χ1) is 4.66. The summed E-state index contributed by atoms with van der Waals surface area (Å²) in [6.07, 6.45) is 3.68. The minimum absolute atomic E-state index is 0.115. The van der Waals surface area contributed by atoms with E-state index in [-0.39, 0.29) is 6.42 Å². The van der Waals surface area contributed by atoms with Crippen molar-refractivity contribution in [1.29, 1.82) is 0 Å². The van der Waals surface area contributed by atoms with Crippen LogP contribution in [0.1, 0.15) is 12.8 Å². The van der Waals surface area contributed by atoms with Crippen molar-refractivity contribution in [3.05, 3.63) is 23.8 Å². The highest BCUT2D eigenvalue weighted by Crippen LogP contribution is 2.04. The third-order valence-electron chi connectivity index (χ3n) is 0.893. The maximum atomic E-state index is 9.97. The number of hydrogen-bond acceptors (Lipinski definition) is 1. The van der Waals surface area contributed by atoms with Gasteiger partial charge in [0.25, 0.3) is 0 Å². The zero-order chi connectivity index (χ0) is 7.98. The molecular formula is C7H9ClO2. The summed E-state index contributed by atoms with van der Waals surface area (Å²) in [4.78, 5) is 9.97. The van der Waals surface area contributed by atoms with Gasteiger partial charge in [0.2, 0.25) is 0 Å². The van der Waals surface area contributed by atoms with E-state index in [1.807, 2.05) is 0 Å². The molecule has 0 amide bonds. The van der Waals surface area contributed by atoms with E-state index in [0.29, 0.717) is 11.5 Å². The molecule has 0 aromatic rings. The van der Waals surface area contributed by atoms with Crippen LogP contribution in [0, 0.1) is 0 Å². The standard InChI is InChI=1S/C7H9ClO2/c1-2-6(8)4-3-5-7(9)10/h2,4H,1,3,5H2,(H,9,10)/b6-4+. The fourth-order valence-corrected chi connectivity index (χ4v) is 0.526. The van der Waals surface area contributed by atoms with Crippen molar-refractivity contribution < 1.29 is 9.90 Å². The zero-order valence-electron chi connectivity index (χ0n) is 5.51. The molecule has 0 aliphatic carbocycles. The first-order valence-corrected chi connectivity index (χ1v) is 3.24. The largest absolute Gasteiger partial charge is 0.481 e. The Morgan fingerprint density at radius 2 is 2.30 bits per heavy atom. The van der Waals surface area contributed by atoms with Gasteiger partial charge in [-0.2, -0.15) is 0 Å². The van der Waals surface area contributed by atoms with E-state index in [4.69, 9.17) is 16.7 Å². The van der Waals surface area contributed by atoms with Crippen LogP contribution < -0.4 is 0 Å². The number of allylic oxidation sites excluding steroid dienone is 3. The van der Waals surface area contributed by atoms with E-state index in [1.54, 1.807) is 6.08 Å². The molecule has 0 saturated carbocycles. The summed E-state index contributed by atoms with van der Waals surface area (Å²) in [5.74, 6) is -0.815. The predicted molar refractivity (Wildman–Crippen MR) is 41.0 cm³/mol.